The Bertz CT molecular complexity index is 496. The molecule has 1 aromatic carbocycles. The first kappa shape index (κ1) is 15.3. The molecule has 0 spiro atoms. The molecule has 0 fully saturated rings. The van der Waals surface area contributed by atoms with Crippen molar-refractivity contribution in [2.24, 2.45) is 11.7 Å². The van der Waals surface area contributed by atoms with Crippen LogP contribution in [0, 0.1) is 17.6 Å². The van der Waals surface area contributed by atoms with Crippen LogP contribution in [0.15, 0.2) is 18.2 Å². The zero-order valence-corrected chi connectivity index (χ0v) is 11.4. The van der Waals surface area contributed by atoms with E-state index in [0.717, 1.165) is 12.1 Å². The van der Waals surface area contributed by atoms with Crippen LogP contribution >= 0.6 is 12.2 Å². The van der Waals surface area contributed by atoms with E-state index in [1.54, 1.807) is 6.92 Å². The Labute approximate surface area is 115 Å². The molecule has 0 aliphatic carbocycles. The summed E-state index contributed by atoms with van der Waals surface area (Å²) in [6.07, 6.45) is 0. The fourth-order valence-corrected chi connectivity index (χ4v) is 1.46. The van der Waals surface area contributed by atoms with E-state index in [0.29, 0.717) is 17.6 Å². The molecule has 1 atom stereocenters. The molecule has 0 aliphatic heterocycles. The molecule has 7 heteroatoms. The third kappa shape index (κ3) is 4.44. The number of halogens is 2. The highest BCUT2D eigenvalue weighted by Crippen LogP contribution is 2.15. The van der Waals surface area contributed by atoms with E-state index in [4.69, 9.17) is 18.0 Å². The lowest BCUT2D eigenvalue weighted by molar-refractivity contribution is 0.220. The first-order valence-electron chi connectivity index (χ1n) is 5.57. The predicted octanol–water partition coefficient (Wildman–Crippen LogP) is 2.35. The number of nitrogens with one attached hydrogen (secondary N) is 1. The van der Waals surface area contributed by atoms with Gasteiger partial charge in [0.15, 0.2) is 0 Å². The van der Waals surface area contributed by atoms with Crippen LogP contribution in [0.3, 0.4) is 0 Å². The van der Waals surface area contributed by atoms with Crippen molar-refractivity contribution in [1.82, 2.24) is 4.90 Å². The number of benzene rings is 1. The van der Waals surface area contributed by atoms with Gasteiger partial charge in [-0.1, -0.05) is 19.1 Å². The van der Waals surface area contributed by atoms with Gasteiger partial charge in [0.05, 0.1) is 10.7 Å². The minimum absolute atomic E-state index is 0.0822. The molecule has 1 rings (SSSR count). The number of amides is 2. The normalized spacial score (nSPS) is 11.8. The molecule has 0 heterocycles. The highest BCUT2D eigenvalue weighted by molar-refractivity contribution is 7.80. The zero-order valence-electron chi connectivity index (χ0n) is 10.6. The quantitative estimate of drug-likeness (QED) is 0.836. The minimum atomic E-state index is -0.829. The number of nitrogens with zero attached hydrogens (tertiary/aromatic N) is 1. The average molecular weight is 287 g/mol. The van der Waals surface area contributed by atoms with Crippen LogP contribution in [-0.4, -0.2) is 29.5 Å². The van der Waals surface area contributed by atoms with E-state index in [1.165, 1.54) is 11.9 Å². The Morgan fingerprint density at radius 1 is 1.53 bits per heavy atom. The molecular weight excluding hydrogens is 272 g/mol. The highest BCUT2D eigenvalue weighted by Gasteiger charge is 2.15. The van der Waals surface area contributed by atoms with E-state index < -0.39 is 17.7 Å². The van der Waals surface area contributed by atoms with Gasteiger partial charge in [0.1, 0.15) is 11.6 Å². The number of carbonyl (C=O) groups is 1. The summed E-state index contributed by atoms with van der Waals surface area (Å²) in [7, 11) is 1.53. The number of hydrogen-bond donors (Lipinski definition) is 2. The molecule has 0 aliphatic rings. The summed E-state index contributed by atoms with van der Waals surface area (Å²) in [6.45, 7) is 2.09. The van der Waals surface area contributed by atoms with E-state index in [9.17, 15) is 13.6 Å². The minimum Gasteiger partial charge on any atom is -0.393 e. The third-order valence-corrected chi connectivity index (χ3v) is 2.96. The number of urea groups is 1. The van der Waals surface area contributed by atoms with E-state index in [2.05, 4.69) is 5.32 Å². The van der Waals surface area contributed by atoms with Gasteiger partial charge in [-0.2, -0.15) is 0 Å². The Hall–Kier alpha value is -1.76. The number of hydrogen-bond acceptors (Lipinski definition) is 2. The summed E-state index contributed by atoms with van der Waals surface area (Å²) < 4.78 is 26.1. The first-order chi connectivity index (χ1) is 8.81. The topological polar surface area (TPSA) is 58.4 Å². The van der Waals surface area contributed by atoms with Gasteiger partial charge < -0.3 is 16.0 Å². The van der Waals surface area contributed by atoms with E-state index in [1.807, 2.05) is 0 Å². The van der Waals surface area contributed by atoms with Gasteiger partial charge in [0.25, 0.3) is 0 Å². The van der Waals surface area contributed by atoms with Crippen molar-refractivity contribution in [2.75, 3.05) is 18.9 Å². The maximum atomic E-state index is 13.4. The molecule has 3 N–H and O–H groups in total. The summed E-state index contributed by atoms with van der Waals surface area (Å²) >= 11 is 4.81. The molecular formula is C12H15F2N3OS. The molecule has 1 aromatic rings. The number of thiocarbonyl (C=S) groups is 1. The number of anilines is 1. The van der Waals surface area contributed by atoms with Crippen molar-refractivity contribution in [3.05, 3.63) is 29.8 Å². The van der Waals surface area contributed by atoms with Crippen LogP contribution in [-0.2, 0) is 0 Å². The van der Waals surface area contributed by atoms with Gasteiger partial charge in [0.2, 0.25) is 0 Å². The van der Waals surface area contributed by atoms with Crippen LogP contribution < -0.4 is 11.1 Å². The molecule has 0 radical (unpaired) electrons. The second-order valence-electron chi connectivity index (χ2n) is 4.24. The molecule has 1 unspecified atom stereocenters. The maximum Gasteiger partial charge on any atom is 0.321 e. The van der Waals surface area contributed by atoms with Gasteiger partial charge in [0, 0.05) is 25.6 Å². The summed E-state index contributed by atoms with van der Waals surface area (Å²) in [5.74, 6) is -1.68. The molecule has 104 valence electrons. The Morgan fingerprint density at radius 3 is 2.68 bits per heavy atom. The van der Waals surface area contributed by atoms with Gasteiger partial charge >= 0.3 is 6.03 Å². The van der Waals surface area contributed by atoms with Gasteiger partial charge in [-0.05, 0) is 12.1 Å². The molecule has 19 heavy (non-hydrogen) atoms. The number of carbonyl (C=O) groups excluding carboxylic acids is 1. The SMILES string of the molecule is CC(CN(C)C(=O)Nc1ccc(F)cc1F)C(N)=S. The second kappa shape index (κ2) is 6.42. The Morgan fingerprint density at radius 2 is 2.16 bits per heavy atom. The highest BCUT2D eigenvalue weighted by atomic mass is 32.1. The Kier molecular flexibility index (Phi) is 5.17. The largest absolute Gasteiger partial charge is 0.393 e. The van der Waals surface area contributed by atoms with Gasteiger partial charge in [-0.3, -0.25) is 0 Å². The smallest absolute Gasteiger partial charge is 0.321 e. The average Bonchev–Trinajstić information content (AvgIpc) is 2.32. The van der Waals surface area contributed by atoms with Crippen LogP contribution in [0.1, 0.15) is 6.92 Å². The summed E-state index contributed by atoms with van der Waals surface area (Å²) in [6, 6.07) is 2.41. The number of nitrogens with two attached hydrogens (primary N) is 1. The second-order valence-corrected chi connectivity index (χ2v) is 4.71. The molecule has 0 saturated heterocycles. The van der Waals surface area contributed by atoms with Crippen LogP contribution in [0.25, 0.3) is 0 Å². The van der Waals surface area contributed by atoms with Crippen LogP contribution in [0.2, 0.25) is 0 Å². The standard InChI is InChI=1S/C12H15F2N3OS/c1-7(11(15)19)6-17(2)12(18)16-10-4-3-8(13)5-9(10)14/h3-5,7H,6H2,1-2H3,(H2,15,19)(H,16,18). The summed E-state index contributed by atoms with van der Waals surface area (Å²) in [4.78, 5) is 13.4. The maximum absolute atomic E-state index is 13.4. The van der Waals surface area contributed by atoms with Crippen molar-refractivity contribution in [3.8, 4) is 0 Å². The van der Waals surface area contributed by atoms with Crippen molar-refractivity contribution in [3.63, 3.8) is 0 Å². The third-order valence-electron chi connectivity index (χ3n) is 2.55. The van der Waals surface area contributed by atoms with Gasteiger partial charge in [-0.15, -0.1) is 0 Å². The summed E-state index contributed by atoms with van der Waals surface area (Å²) in [5, 5.41) is 2.34. The molecule has 0 saturated carbocycles. The van der Waals surface area contributed by atoms with E-state index >= 15 is 0 Å². The summed E-state index contributed by atoms with van der Waals surface area (Å²) in [5.41, 5.74) is 5.37. The Balaban J connectivity index is 2.66. The van der Waals surface area contributed by atoms with E-state index in [-0.39, 0.29) is 11.6 Å². The predicted molar refractivity (Wildman–Crippen MR) is 74.0 cm³/mol. The first-order valence-corrected chi connectivity index (χ1v) is 5.98. The van der Waals surface area contributed by atoms with Crippen molar-refractivity contribution < 1.29 is 13.6 Å². The lowest BCUT2D eigenvalue weighted by Crippen LogP contribution is -2.38. The van der Waals surface area contributed by atoms with Crippen molar-refractivity contribution in [2.45, 2.75) is 6.92 Å². The monoisotopic (exact) mass is 287 g/mol. The lowest BCUT2D eigenvalue weighted by atomic mass is 10.2. The fourth-order valence-electron chi connectivity index (χ4n) is 1.39. The van der Waals surface area contributed by atoms with Crippen molar-refractivity contribution in [1.29, 1.82) is 0 Å². The van der Waals surface area contributed by atoms with Gasteiger partial charge in [-0.25, -0.2) is 13.6 Å². The van der Waals surface area contributed by atoms with Crippen LogP contribution in [0.4, 0.5) is 19.3 Å². The molecule has 2 amide bonds. The molecule has 0 bridgehead atoms. The lowest BCUT2D eigenvalue weighted by Gasteiger charge is -2.21. The zero-order chi connectivity index (χ0) is 14.6. The number of rotatable bonds is 4. The molecule has 0 aromatic heterocycles. The fraction of sp³-hybridized carbons (Fsp3) is 0.333. The van der Waals surface area contributed by atoms with Crippen LogP contribution in [0.5, 0.6) is 0 Å². The molecule has 4 nitrogen and oxygen atoms in total. The van der Waals surface area contributed by atoms with Crippen molar-refractivity contribution >= 4 is 28.9 Å².